The van der Waals surface area contributed by atoms with Crippen LogP contribution < -0.4 is 10.2 Å². The fourth-order valence-electron chi connectivity index (χ4n) is 4.79. The van der Waals surface area contributed by atoms with Gasteiger partial charge in [0, 0.05) is 12.2 Å². The van der Waals surface area contributed by atoms with Gasteiger partial charge in [-0.05, 0) is 36.6 Å². The Morgan fingerprint density at radius 3 is 2.03 bits per heavy atom. The van der Waals surface area contributed by atoms with Crippen LogP contribution in [0.4, 0.5) is 11.4 Å². The molecule has 0 bridgehead atoms. The molecule has 35 heavy (non-hydrogen) atoms. The maximum Gasteiger partial charge on any atom is 0.200 e. The van der Waals surface area contributed by atoms with Crippen molar-refractivity contribution in [3.63, 3.8) is 0 Å². The molecule has 0 radical (unpaired) electrons. The maximum atomic E-state index is 13.9. The first-order valence-corrected chi connectivity index (χ1v) is 11.7. The molecular weight excluding hydrogens is 452 g/mol. The number of aryl methyl sites for hydroxylation is 1. The third kappa shape index (κ3) is 4.83. The van der Waals surface area contributed by atoms with Crippen LogP contribution in [0.5, 0.6) is 11.5 Å². The summed E-state index contributed by atoms with van der Waals surface area (Å²) >= 11 is 0. The van der Waals surface area contributed by atoms with Gasteiger partial charge >= 0.3 is 0 Å². The van der Waals surface area contributed by atoms with Gasteiger partial charge in [-0.25, -0.2) is 10.4 Å². The second kappa shape index (κ2) is 8.80. The SMILES string of the molecule is C[N+](C)(O)CCNc1cc2c(c3c1C(=O)c1c(O)ccc(O)c1C3=O)N(CC[N+](C)(C)O)CCC2. The average molecular weight is 487 g/mol. The van der Waals surface area contributed by atoms with Crippen LogP contribution in [0.3, 0.4) is 0 Å². The first kappa shape index (κ1) is 24.9. The Morgan fingerprint density at radius 2 is 1.46 bits per heavy atom. The summed E-state index contributed by atoms with van der Waals surface area (Å²) in [4.78, 5) is 29.6. The Morgan fingerprint density at radius 1 is 0.886 bits per heavy atom. The second-order valence-electron chi connectivity index (χ2n) is 10.4. The number of hydrogen-bond donors (Lipinski definition) is 5. The number of benzene rings is 2. The molecule has 0 unspecified atom stereocenters. The van der Waals surface area contributed by atoms with Crippen LogP contribution in [-0.4, -0.2) is 102 Å². The van der Waals surface area contributed by atoms with Crippen molar-refractivity contribution in [1.29, 1.82) is 0 Å². The molecule has 1 heterocycles. The number of aromatic hydroxyl groups is 2. The molecule has 0 saturated heterocycles. The van der Waals surface area contributed by atoms with Gasteiger partial charge in [0.05, 0.1) is 69.2 Å². The molecule has 0 amide bonds. The largest absolute Gasteiger partial charge is 0.507 e. The molecule has 0 atom stereocenters. The van der Waals surface area contributed by atoms with Gasteiger partial charge in [0.15, 0.2) is 0 Å². The van der Waals surface area contributed by atoms with E-state index in [9.17, 15) is 30.2 Å². The lowest BCUT2D eigenvalue weighted by Gasteiger charge is -2.36. The minimum Gasteiger partial charge on any atom is -0.507 e. The van der Waals surface area contributed by atoms with Crippen molar-refractivity contribution in [2.45, 2.75) is 12.8 Å². The van der Waals surface area contributed by atoms with Crippen LogP contribution in [0.2, 0.25) is 0 Å². The topological polar surface area (TPSA) is 130 Å². The van der Waals surface area contributed by atoms with E-state index in [4.69, 9.17) is 0 Å². The molecule has 10 nitrogen and oxygen atoms in total. The van der Waals surface area contributed by atoms with Crippen LogP contribution in [0, 0.1) is 0 Å². The normalized spacial score (nSPS) is 15.5. The Bertz CT molecular complexity index is 1200. The quantitative estimate of drug-likeness (QED) is 0.195. The molecule has 0 saturated carbocycles. The number of ketones is 2. The highest BCUT2D eigenvalue weighted by atomic mass is 16.5. The predicted octanol–water partition coefficient (Wildman–Crippen LogP) is 1.97. The van der Waals surface area contributed by atoms with Crippen molar-refractivity contribution >= 4 is 22.9 Å². The van der Waals surface area contributed by atoms with E-state index in [0.29, 0.717) is 50.5 Å². The second-order valence-corrected chi connectivity index (χ2v) is 10.4. The van der Waals surface area contributed by atoms with Crippen molar-refractivity contribution in [2.24, 2.45) is 0 Å². The van der Waals surface area contributed by atoms with Gasteiger partial charge in [0.2, 0.25) is 11.6 Å². The summed E-state index contributed by atoms with van der Waals surface area (Å²) in [6.07, 6.45) is 1.54. The Kier molecular flexibility index (Phi) is 6.26. The van der Waals surface area contributed by atoms with Gasteiger partial charge < -0.3 is 20.4 Å². The number of fused-ring (bicyclic) bond motifs is 4. The van der Waals surface area contributed by atoms with Gasteiger partial charge in [0.1, 0.15) is 24.6 Å². The summed E-state index contributed by atoms with van der Waals surface area (Å²) in [6, 6.07) is 4.28. The Balaban J connectivity index is 1.90. The van der Waals surface area contributed by atoms with Crippen LogP contribution >= 0.6 is 0 Å². The molecule has 10 heteroatoms. The van der Waals surface area contributed by atoms with E-state index in [1.165, 1.54) is 12.1 Å². The molecule has 0 spiro atoms. The minimum atomic E-state index is -0.546. The molecule has 2 aliphatic rings. The molecule has 1 aliphatic carbocycles. The first-order valence-electron chi connectivity index (χ1n) is 11.7. The number of carbonyl (C=O) groups is 2. The van der Waals surface area contributed by atoms with E-state index in [1.54, 1.807) is 28.2 Å². The van der Waals surface area contributed by atoms with E-state index in [2.05, 4.69) is 5.32 Å². The highest BCUT2D eigenvalue weighted by Crippen LogP contribution is 2.46. The highest BCUT2D eigenvalue weighted by molar-refractivity contribution is 6.33. The molecule has 2 aromatic rings. The first-order chi connectivity index (χ1) is 16.3. The number of phenols is 2. The number of hydrogen-bond acceptors (Lipinski definition) is 8. The van der Waals surface area contributed by atoms with Crippen molar-refractivity contribution < 1.29 is 39.5 Å². The number of carbonyl (C=O) groups excluding carboxylic acids is 2. The third-order valence-electron chi connectivity index (χ3n) is 6.53. The predicted molar refractivity (Wildman–Crippen MR) is 130 cm³/mol. The van der Waals surface area contributed by atoms with Crippen LogP contribution in [-0.2, 0) is 6.42 Å². The van der Waals surface area contributed by atoms with Crippen molar-refractivity contribution in [3.8, 4) is 11.5 Å². The lowest BCUT2D eigenvalue weighted by molar-refractivity contribution is -1.07. The van der Waals surface area contributed by atoms with Gasteiger partial charge in [-0.2, -0.15) is 9.29 Å². The van der Waals surface area contributed by atoms with Crippen molar-refractivity contribution in [3.05, 3.63) is 46.0 Å². The summed E-state index contributed by atoms with van der Waals surface area (Å²) < 4.78 is -0.513. The van der Waals surface area contributed by atoms with E-state index in [0.717, 1.165) is 12.0 Å². The Hall–Kier alpha value is -3.18. The molecule has 2 aromatic carbocycles. The molecule has 0 fully saturated rings. The van der Waals surface area contributed by atoms with Crippen molar-refractivity contribution in [1.82, 2.24) is 0 Å². The van der Waals surface area contributed by atoms with E-state index in [-0.39, 0.29) is 43.0 Å². The van der Waals surface area contributed by atoms with Crippen LogP contribution in [0.1, 0.15) is 43.8 Å². The maximum absolute atomic E-state index is 13.9. The molecule has 1 aliphatic heterocycles. The fraction of sp³-hybridized carbons (Fsp3) is 0.440. The summed E-state index contributed by atoms with van der Waals surface area (Å²) in [7, 11) is 6.60. The third-order valence-corrected chi connectivity index (χ3v) is 6.53. The summed E-state index contributed by atoms with van der Waals surface area (Å²) in [5, 5.41) is 44.5. The molecule has 0 aromatic heterocycles. The van der Waals surface area contributed by atoms with E-state index >= 15 is 0 Å². The van der Waals surface area contributed by atoms with Gasteiger partial charge in [-0.3, -0.25) is 9.59 Å². The number of phenolic OH excluding ortho intramolecular Hbond substituents is 2. The lowest BCUT2D eigenvalue weighted by atomic mass is 9.79. The number of rotatable bonds is 7. The molecule has 4 rings (SSSR count). The van der Waals surface area contributed by atoms with E-state index in [1.807, 2.05) is 11.0 Å². The zero-order valence-electron chi connectivity index (χ0n) is 20.6. The summed E-state index contributed by atoms with van der Waals surface area (Å²) in [6.45, 7) is 2.22. The standard InChI is InChI=1S/C25H32N4O6/c1-28(2,34)12-9-26-16-14-15-6-5-10-27(11-13-29(3,4)35)23(15)22-19(16)24(32)20-17(30)7-8-18(31)21(20)25(22)33/h7-8,14,34-35H,5-6,9-13H2,1-4H3,(H-2,26,30,31,32,33)/p+2. The highest BCUT2D eigenvalue weighted by Gasteiger charge is 2.40. The summed E-state index contributed by atoms with van der Waals surface area (Å²) in [5.74, 6) is -1.79. The smallest absolute Gasteiger partial charge is 0.200 e. The Labute approximate surface area is 204 Å². The van der Waals surface area contributed by atoms with E-state index < -0.39 is 11.6 Å². The average Bonchev–Trinajstić information content (AvgIpc) is 2.75. The van der Waals surface area contributed by atoms with Gasteiger partial charge in [-0.15, -0.1) is 0 Å². The molecule has 5 N–H and O–H groups in total. The van der Waals surface area contributed by atoms with Crippen molar-refractivity contribution in [2.75, 3.05) is 71.1 Å². The fourth-order valence-corrected chi connectivity index (χ4v) is 4.79. The summed E-state index contributed by atoms with van der Waals surface area (Å²) in [5.41, 5.74) is 1.93. The number of anilines is 2. The number of nitrogens with one attached hydrogen (secondary N) is 1. The number of likely N-dealkylation sites (N-methyl/N-ethyl adjacent to an activating group) is 2. The zero-order chi connectivity index (χ0) is 25.7. The van der Waals surface area contributed by atoms with Gasteiger partial charge in [0.25, 0.3) is 0 Å². The number of nitrogens with zero attached hydrogens (tertiary/aromatic N) is 3. The minimum absolute atomic E-state index is 0.148. The van der Waals surface area contributed by atoms with Gasteiger partial charge in [-0.1, -0.05) is 0 Å². The zero-order valence-corrected chi connectivity index (χ0v) is 20.6. The van der Waals surface area contributed by atoms with Crippen LogP contribution in [0.25, 0.3) is 0 Å². The number of hydroxylamine groups is 6. The monoisotopic (exact) mass is 486 g/mol. The molecule has 188 valence electrons. The number of quaternary nitrogens is 2. The molecular formula is C25H34N4O6+2. The van der Waals surface area contributed by atoms with Crippen LogP contribution in [0.15, 0.2) is 18.2 Å². The lowest BCUT2D eigenvalue weighted by Crippen LogP contribution is -2.44.